The number of imidazole rings is 1. The molecule has 0 fully saturated rings. The quantitative estimate of drug-likeness (QED) is 0.593. The van der Waals surface area contributed by atoms with Crippen LogP contribution in [0.2, 0.25) is 0 Å². The van der Waals surface area contributed by atoms with Crippen molar-refractivity contribution in [3.05, 3.63) is 18.2 Å². The summed E-state index contributed by atoms with van der Waals surface area (Å²) in [5, 5.41) is 8.57. The molecular formula is C6H12ClN3O. The average molecular weight is 178 g/mol. The van der Waals surface area contributed by atoms with Crippen LogP contribution >= 0.6 is 12.4 Å². The monoisotopic (exact) mass is 177 g/mol. The summed E-state index contributed by atoms with van der Waals surface area (Å²) in [7, 11) is 0. The van der Waals surface area contributed by atoms with Crippen molar-refractivity contribution < 1.29 is 5.11 Å². The van der Waals surface area contributed by atoms with Crippen molar-refractivity contribution in [2.24, 2.45) is 5.73 Å². The van der Waals surface area contributed by atoms with E-state index in [1.54, 1.807) is 12.5 Å². The molecule has 0 saturated carbocycles. The Morgan fingerprint density at radius 3 is 2.91 bits per heavy atom. The average Bonchev–Trinajstić information content (AvgIpc) is 2.40. The highest BCUT2D eigenvalue weighted by atomic mass is 35.5. The molecule has 4 N–H and O–H groups in total. The third kappa shape index (κ3) is 3.36. The van der Waals surface area contributed by atoms with Gasteiger partial charge in [-0.05, 0) is 0 Å². The van der Waals surface area contributed by atoms with E-state index in [9.17, 15) is 0 Å². The van der Waals surface area contributed by atoms with Crippen molar-refractivity contribution in [3.63, 3.8) is 0 Å². The van der Waals surface area contributed by atoms with Crippen molar-refractivity contribution in [2.75, 3.05) is 6.61 Å². The second kappa shape index (κ2) is 5.12. The molecule has 0 aliphatic rings. The molecule has 1 aromatic rings. The van der Waals surface area contributed by atoms with E-state index in [1.165, 1.54) is 0 Å². The van der Waals surface area contributed by atoms with Crippen LogP contribution < -0.4 is 5.73 Å². The van der Waals surface area contributed by atoms with Crippen LogP contribution in [0.25, 0.3) is 0 Å². The number of hydrogen-bond donors (Lipinski definition) is 3. The predicted molar refractivity (Wildman–Crippen MR) is 44.6 cm³/mol. The van der Waals surface area contributed by atoms with Gasteiger partial charge in [-0.1, -0.05) is 0 Å². The number of rotatable bonds is 3. The summed E-state index contributed by atoms with van der Waals surface area (Å²) in [4.78, 5) is 6.72. The highest BCUT2D eigenvalue weighted by molar-refractivity contribution is 5.85. The topological polar surface area (TPSA) is 74.9 Å². The molecule has 11 heavy (non-hydrogen) atoms. The van der Waals surface area contributed by atoms with E-state index in [0.717, 1.165) is 5.69 Å². The highest BCUT2D eigenvalue weighted by Gasteiger charge is 2.01. The van der Waals surface area contributed by atoms with Gasteiger partial charge in [0, 0.05) is 24.4 Å². The highest BCUT2D eigenvalue weighted by Crippen LogP contribution is 1.94. The molecular weight excluding hydrogens is 166 g/mol. The van der Waals surface area contributed by atoms with E-state index < -0.39 is 0 Å². The van der Waals surface area contributed by atoms with Gasteiger partial charge in [-0.15, -0.1) is 12.4 Å². The first kappa shape index (κ1) is 10.4. The van der Waals surface area contributed by atoms with Gasteiger partial charge in [0.05, 0.1) is 12.9 Å². The number of aromatic amines is 1. The van der Waals surface area contributed by atoms with E-state index in [-0.39, 0.29) is 25.1 Å². The van der Waals surface area contributed by atoms with E-state index >= 15 is 0 Å². The minimum atomic E-state index is -0.180. The molecule has 0 radical (unpaired) electrons. The van der Waals surface area contributed by atoms with Crippen molar-refractivity contribution in [1.29, 1.82) is 0 Å². The first-order valence-corrected chi connectivity index (χ1v) is 3.16. The Labute approximate surface area is 71.2 Å². The smallest absolute Gasteiger partial charge is 0.0921 e. The Morgan fingerprint density at radius 1 is 1.73 bits per heavy atom. The Bertz CT molecular complexity index is 178. The second-order valence-corrected chi connectivity index (χ2v) is 2.22. The minimum Gasteiger partial charge on any atom is -0.395 e. The third-order valence-corrected chi connectivity index (χ3v) is 1.27. The van der Waals surface area contributed by atoms with Crippen LogP contribution in [0.15, 0.2) is 12.5 Å². The van der Waals surface area contributed by atoms with E-state index in [2.05, 4.69) is 9.97 Å². The van der Waals surface area contributed by atoms with Crippen molar-refractivity contribution >= 4 is 12.4 Å². The Hall–Kier alpha value is -0.580. The SMILES string of the molecule is Cl.N[C@H](CO)Cc1cnc[nH]1. The van der Waals surface area contributed by atoms with Gasteiger partial charge in [0.2, 0.25) is 0 Å². The Balaban J connectivity index is 0.000001000. The maximum Gasteiger partial charge on any atom is 0.0921 e. The van der Waals surface area contributed by atoms with Gasteiger partial charge in [-0.25, -0.2) is 4.98 Å². The number of aliphatic hydroxyl groups is 1. The summed E-state index contributed by atoms with van der Waals surface area (Å²) < 4.78 is 0. The number of nitrogens with two attached hydrogens (primary N) is 1. The van der Waals surface area contributed by atoms with Crippen molar-refractivity contribution in [2.45, 2.75) is 12.5 Å². The molecule has 0 amide bonds. The molecule has 0 spiro atoms. The standard InChI is InChI=1S/C6H11N3O.ClH/c7-5(3-10)1-6-2-8-4-9-6;/h2,4-5,10H,1,3,7H2,(H,8,9);1H/t5-;/m0./s1. The first-order chi connectivity index (χ1) is 4.83. The van der Waals surface area contributed by atoms with Gasteiger partial charge in [-0.2, -0.15) is 0 Å². The summed E-state index contributed by atoms with van der Waals surface area (Å²) in [5.74, 6) is 0. The predicted octanol–water partition coefficient (Wildman–Crippen LogP) is -0.306. The molecule has 1 aromatic heterocycles. The van der Waals surface area contributed by atoms with Crippen LogP contribution in [-0.4, -0.2) is 27.7 Å². The molecule has 1 rings (SSSR count). The van der Waals surface area contributed by atoms with Crippen LogP contribution in [0.3, 0.4) is 0 Å². The molecule has 0 unspecified atom stereocenters. The lowest BCUT2D eigenvalue weighted by Gasteiger charge is -2.03. The number of aliphatic hydroxyl groups excluding tert-OH is 1. The van der Waals surface area contributed by atoms with Gasteiger partial charge in [-0.3, -0.25) is 0 Å². The van der Waals surface area contributed by atoms with Gasteiger partial charge >= 0.3 is 0 Å². The number of nitrogens with zero attached hydrogens (tertiary/aromatic N) is 1. The fourth-order valence-electron chi connectivity index (χ4n) is 0.743. The molecule has 0 saturated heterocycles. The molecule has 0 aliphatic heterocycles. The van der Waals surface area contributed by atoms with Crippen LogP contribution in [0.5, 0.6) is 0 Å². The number of nitrogens with one attached hydrogen (secondary N) is 1. The molecule has 64 valence electrons. The molecule has 0 aromatic carbocycles. The number of aromatic nitrogens is 2. The van der Waals surface area contributed by atoms with Crippen LogP contribution in [0.4, 0.5) is 0 Å². The lowest BCUT2D eigenvalue weighted by atomic mass is 10.2. The lowest BCUT2D eigenvalue weighted by molar-refractivity contribution is 0.264. The normalized spacial score (nSPS) is 12.2. The number of hydrogen-bond acceptors (Lipinski definition) is 3. The van der Waals surface area contributed by atoms with Crippen LogP contribution in [-0.2, 0) is 6.42 Å². The maximum atomic E-state index is 8.57. The summed E-state index contributed by atoms with van der Waals surface area (Å²) in [6.07, 6.45) is 3.95. The van der Waals surface area contributed by atoms with Crippen molar-refractivity contribution in [3.8, 4) is 0 Å². The summed E-state index contributed by atoms with van der Waals surface area (Å²) in [5.41, 5.74) is 6.43. The zero-order valence-corrected chi connectivity index (χ0v) is 6.84. The van der Waals surface area contributed by atoms with Gasteiger partial charge in [0.1, 0.15) is 0 Å². The summed E-state index contributed by atoms with van der Waals surface area (Å²) in [6.45, 7) is 0.0129. The Morgan fingerprint density at radius 2 is 2.45 bits per heavy atom. The first-order valence-electron chi connectivity index (χ1n) is 3.16. The largest absolute Gasteiger partial charge is 0.395 e. The second-order valence-electron chi connectivity index (χ2n) is 2.22. The lowest BCUT2D eigenvalue weighted by Crippen LogP contribution is -2.26. The zero-order valence-electron chi connectivity index (χ0n) is 6.03. The maximum absolute atomic E-state index is 8.57. The molecule has 0 bridgehead atoms. The summed E-state index contributed by atoms with van der Waals surface area (Å²) >= 11 is 0. The Kier molecular flexibility index (Phi) is 4.85. The fraction of sp³-hybridized carbons (Fsp3) is 0.500. The molecule has 5 heteroatoms. The van der Waals surface area contributed by atoms with Gasteiger partial charge < -0.3 is 15.8 Å². The molecule has 1 atom stereocenters. The number of halogens is 1. The zero-order chi connectivity index (χ0) is 7.40. The minimum absolute atomic E-state index is 0. The molecule has 4 nitrogen and oxygen atoms in total. The molecule has 1 heterocycles. The summed E-state index contributed by atoms with van der Waals surface area (Å²) in [6, 6.07) is -0.180. The van der Waals surface area contributed by atoms with Crippen LogP contribution in [0, 0.1) is 0 Å². The van der Waals surface area contributed by atoms with Crippen LogP contribution in [0.1, 0.15) is 5.69 Å². The van der Waals surface area contributed by atoms with Crippen molar-refractivity contribution in [1.82, 2.24) is 9.97 Å². The van der Waals surface area contributed by atoms with E-state index in [0.29, 0.717) is 6.42 Å². The van der Waals surface area contributed by atoms with Gasteiger partial charge in [0.25, 0.3) is 0 Å². The number of H-pyrrole nitrogens is 1. The fourth-order valence-corrected chi connectivity index (χ4v) is 0.743. The van der Waals surface area contributed by atoms with E-state index in [1.807, 2.05) is 0 Å². The van der Waals surface area contributed by atoms with Gasteiger partial charge in [0.15, 0.2) is 0 Å². The van der Waals surface area contributed by atoms with E-state index in [4.69, 9.17) is 10.8 Å². The molecule has 0 aliphatic carbocycles. The third-order valence-electron chi connectivity index (χ3n) is 1.27.